The Morgan fingerprint density at radius 3 is 2.72 bits per heavy atom. The Bertz CT molecular complexity index is 557. The second kappa shape index (κ2) is 5.59. The number of aromatic nitrogens is 1. The zero-order valence-corrected chi connectivity index (χ0v) is 11.8. The highest BCUT2D eigenvalue weighted by molar-refractivity contribution is 9.10. The number of hydrogen-bond donors (Lipinski definition) is 1. The van der Waals surface area contributed by atoms with Gasteiger partial charge >= 0.3 is 0 Å². The van der Waals surface area contributed by atoms with Crippen molar-refractivity contribution in [2.45, 2.75) is 13.0 Å². The van der Waals surface area contributed by atoms with Gasteiger partial charge in [0.25, 0.3) is 0 Å². The van der Waals surface area contributed by atoms with Crippen molar-refractivity contribution < 1.29 is 4.39 Å². The third-order valence-corrected chi connectivity index (χ3v) is 3.24. The van der Waals surface area contributed by atoms with Gasteiger partial charge in [-0.3, -0.25) is 4.98 Å². The molecule has 0 bridgehead atoms. The van der Waals surface area contributed by atoms with Crippen LogP contribution in [0.2, 0.25) is 0 Å². The minimum Gasteiger partial charge on any atom is -0.309 e. The lowest BCUT2D eigenvalue weighted by Crippen LogP contribution is -2.19. The Labute approximate surface area is 114 Å². The van der Waals surface area contributed by atoms with Gasteiger partial charge in [-0.15, -0.1) is 0 Å². The van der Waals surface area contributed by atoms with E-state index in [9.17, 15) is 4.39 Å². The molecule has 94 valence electrons. The van der Waals surface area contributed by atoms with Gasteiger partial charge in [0.05, 0.1) is 6.04 Å². The summed E-state index contributed by atoms with van der Waals surface area (Å²) in [4.78, 5) is 4.12. The molecule has 0 amide bonds. The molecule has 1 N–H and O–H groups in total. The molecule has 18 heavy (non-hydrogen) atoms. The number of benzene rings is 1. The predicted molar refractivity (Wildman–Crippen MR) is 74.0 cm³/mol. The molecule has 0 radical (unpaired) electrons. The SMILES string of the molecule is CNC(c1cncc(Br)c1)c1cc(C)ccc1F. The van der Waals surface area contributed by atoms with Crippen molar-refractivity contribution >= 4 is 15.9 Å². The summed E-state index contributed by atoms with van der Waals surface area (Å²) in [5.41, 5.74) is 2.60. The van der Waals surface area contributed by atoms with Crippen LogP contribution in [-0.4, -0.2) is 12.0 Å². The van der Waals surface area contributed by atoms with Crippen molar-refractivity contribution in [3.8, 4) is 0 Å². The first kappa shape index (κ1) is 13.2. The molecule has 1 heterocycles. The molecule has 2 rings (SSSR count). The van der Waals surface area contributed by atoms with Gasteiger partial charge in [-0.1, -0.05) is 17.7 Å². The first-order valence-electron chi connectivity index (χ1n) is 5.65. The fourth-order valence-electron chi connectivity index (χ4n) is 1.97. The van der Waals surface area contributed by atoms with Crippen LogP contribution in [0.15, 0.2) is 41.1 Å². The third kappa shape index (κ3) is 2.76. The van der Waals surface area contributed by atoms with Crippen molar-refractivity contribution in [2.24, 2.45) is 0 Å². The van der Waals surface area contributed by atoms with Crippen molar-refractivity contribution in [3.63, 3.8) is 0 Å². The molecule has 2 aromatic rings. The first-order chi connectivity index (χ1) is 8.61. The zero-order valence-electron chi connectivity index (χ0n) is 10.2. The van der Waals surface area contributed by atoms with Crippen LogP contribution in [0.3, 0.4) is 0 Å². The van der Waals surface area contributed by atoms with E-state index in [1.165, 1.54) is 6.07 Å². The van der Waals surface area contributed by atoms with Gasteiger partial charge in [0.15, 0.2) is 0 Å². The maximum Gasteiger partial charge on any atom is 0.128 e. The highest BCUT2D eigenvalue weighted by Gasteiger charge is 2.16. The number of halogens is 2. The third-order valence-electron chi connectivity index (χ3n) is 2.81. The Hall–Kier alpha value is -1.26. The summed E-state index contributed by atoms with van der Waals surface area (Å²) in [6, 6.07) is 6.87. The second-order valence-corrected chi connectivity index (χ2v) is 5.10. The van der Waals surface area contributed by atoms with E-state index in [4.69, 9.17) is 0 Å². The van der Waals surface area contributed by atoms with Crippen LogP contribution in [0.5, 0.6) is 0 Å². The van der Waals surface area contributed by atoms with Crippen molar-refractivity contribution in [2.75, 3.05) is 7.05 Å². The molecule has 2 nitrogen and oxygen atoms in total. The summed E-state index contributed by atoms with van der Waals surface area (Å²) in [6.07, 6.45) is 3.45. The molecule has 1 aromatic carbocycles. The van der Waals surface area contributed by atoms with Crippen LogP contribution in [0.25, 0.3) is 0 Å². The summed E-state index contributed by atoms with van der Waals surface area (Å²) in [5.74, 6) is -0.208. The van der Waals surface area contributed by atoms with E-state index in [1.54, 1.807) is 18.5 Å². The topological polar surface area (TPSA) is 24.9 Å². The molecule has 0 aliphatic heterocycles. The normalized spacial score (nSPS) is 12.4. The van der Waals surface area contributed by atoms with Crippen molar-refractivity contribution in [1.29, 1.82) is 0 Å². The Morgan fingerprint density at radius 1 is 1.28 bits per heavy atom. The summed E-state index contributed by atoms with van der Waals surface area (Å²) in [5, 5.41) is 3.13. The van der Waals surface area contributed by atoms with E-state index in [0.717, 1.165) is 15.6 Å². The quantitative estimate of drug-likeness (QED) is 0.937. The van der Waals surface area contributed by atoms with Crippen molar-refractivity contribution in [3.05, 3.63) is 63.6 Å². The van der Waals surface area contributed by atoms with Crippen molar-refractivity contribution in [1.82, 2.24) is 10.3 Å². The van der Waals surface area contributed by atoms with E-state index in [0.29, 0.717) is 5.56 Å². The standard InChI is InChI=1S/C14H14BrFN2/c1-9-3-4-13(16)12(5-9)14(17-2)10-6-11(15)8-18-7-10/h3-8,14,17H,1-2H3. The highest BCUT2D eigenvalue weighted by atomic mass is 79.9. The summed E-state index contributed by atoms with van der Waals surface area (Å²) < 4.78 is 14.8. The highest BCUT2D eigenvalue weighted by Crippen LogP contribution is 2.26. The lowest BCUT2D eigenvalue weighted by atomic mass is 9.98. The van der Waals surface area contributed by atoms with Crippen LogP contribution in [0.1, 0.15) is 22.7 Å². The van der Waals surface area contributed by atoms with Gasteiger partial charge in [0.1, 0.15) is 5.82 Å². The average molecular weight is 309 g/mol. The van der Waals surface area contributed by atoms with Crippen LogP contribution in [0, 0.1) is 12.7 Å². The summed E-state index contributed by atoms with van der Waals surface area (Å²) in [7, 11) is 1.81. The molecule has 0 aliphatic carbocycles. The van der Waals surface area contributed by atoms with Gasteiger partial charge in [-0.2, -0.15) is 0 Å². The Balaban J connectivity index is 2.48. The van der Waals surface area contributed by atoms with E-state index in [2.05, 4.69) is 26.2 Å². The lowest BCUT2D eigenvalue weighted by molar-refractivity contribution is 0.575. The average Bonchev–Trinajstić information content (AvgIpc) is 2.35. The smallest absolute Gasteiger partial charge is 0.128 e. The maximum atomic E-state index is 13.9. The predicted octanol–water partition coefficient (Wildman–Crippen LogP) is 3.60. The molecule has 0 fully saturated rings. The molecular weight excluding hydrogens is 295 g/mol. The second-order valence-electron chi connectivity index (χ2n) is 4.18. The number of aryl methyl sites for hydroxylation is 1. The van der Waals surface area contributed by atoms with E-state index >= 15 is 0 Å². The van der Waals surface area contributed by atoms with Gasteiger partial charge < -0.3 is 5.32 Å². The number of nitrogens with zero attached hydrogens (tertiary/aromatic N) is 1. The van der Waals surface area contributed by atoms with E-state index in [1.807, 2.05) is 26.1 Å². The summed E-state index contributed by atoms with van der Waals surface area (Å²) in [6.45, 7) is 1.95. The molecular formula is C14H14BrFN2. The molecule has 0 spiro atoms. The molecule has 0 aliphatic rings. The van der Waals surface area contributed by atoms with Gasteiger partial charge in [-0.25, -0.2) is 4.39 Å². The molecule has 1 aromatic heterocycles. The zero-order chi connectivity index (χ0) is 13.1. The fraction of sp³-hybridized carbons (Fsp3) is 0.214. The minimum atomic E-state index is -0.208. The molecule has 0 saturated carbocycles. The van der Waals surface area contributed by atoms with Gasteiger partial charge in [0, 0.05) is 22.4 Å². The van der Waals surface area contributed by atoms with Crippen LogP contribution in [-0.2, 0) is 0 Å². The lowest BCUT2D eigenvalue weighted by Gasteiger charge is -2.18. The van der Waals surface area contributed by atoms with Gasteiger partial charge in [0.2, 0.25) is 0 Å². The minimum absolute atomic E-state index is 0.199. The van der Waals surface area contributed by atoms with E-state index < -0.39 is 0 Å². The fourth-order valence-corrected chi connectivity index (χ4v) is 2.35. The Kier molecular flexibility index (Phi) is 4.09. The van der Waals surface area contributed by atoms with Crippen LogP contribution >= 0.6 is 15.9 Å². The number of pyridine rings is 1. The largest absolute Gasteiger partial charge is 0.309 e. The number of rotatable bonds is 3. The maximum absolute atomic E-state index is 13.9. The molecule has 1 atom stereocenters. The van der Waals surface area contributed by atoms with Crippen LogP contribution < -0.4 is 5.32 Å². The summed E-state index contributed by atoms with van der Waals surface area (Å²) >= 11 is 3.38. The first-order valence-corrected chi connectivity index (χ1v) is 6.45. The number of hydrogen-bond acceptors (Lipinski definition) is 2. The van der Waals surface area contributed by atoms with Crippen LogP contribution in [0.4, 0.5) is 4.39 Å². The Morgan fingerprint density at radius 2 is 2.06 bits per heavy atom. The number of nitrogens with one attached hydrogen (secondary N) is 1. The van der Waals surface area contributed by atoms with Gasteiger partial charge in [-0.05, 0) is 47.6 Å². The molecule has 4 heteroatoms. The van der Waals surface area contributed by atoms with E-state index in [-0.39, 0.29) is 11.9 Å². The monoisotopic (exact) mass is 308 g/mol. The molecule has 0 saturated heterocycles. The molecule has 1 unspecified atom stereocenters.